The molecule has 5 heteroatoms. The Balaban J connectivity index is 3.93. The van der Waals surface area contributed by atoms with Crippen LogP contribution in [-0.4, -0.2) is 20.3 Å². The van der Waals surface area contributed by atoms with Crippen molar-refractivity contribution in [1.29, 1.82) is 0 Å². The Morgan fingerprint density at radius 3 is 2.00 bits per heavy atom. The van der Waals surface area contributed by atoms with Crippen LogP contribution in [-0.2, 0) is 9.05 Å². The molecule has 10 heavy (non-hydrogen) atoms. The van der Waals surface area contributed by atoms with Gasteiger partial charge in [0, 0.05) is 10.7 Å². The first-order valence-electron chi connectivity index (χ1n) is 2.89. The van der Waals surface area contributed by atoms with E-state index in [1.807, 2.05) is 0 Å². The molecule has 0 rings (SSSR count). The molecule has 1 unspecified atom stereocenters. The topological polar surface area (TPSA) is 34.1 Å². The van der Waals surface area contributed by atoms with Crippen molar-refractivity contribution in [2.24, 2.45) is 5.92 Å². The van der Waals surface area contributed by atoms with E-state index in [1.54, 1.807) is 13.8 Å². The van der Waals surface area contributed by atoms with Crippen molar-refractivity contribution in [3.63, 3.8) is 0 Å². The number of hydrogen-bond donors (Lipinski definition) is 0. The smallest absolute Gasteiger partial charge is 0.235 e. The first kappa shape index (κ1) is 10.2. The molecule has 0 amide bonds. The molecule has 0 aliphatic carbocycles. The van der Waals surface area contributed by atoms with Gasteiger partial charge < -0.3 is 0 Å². The Hall–Kier alpha value is 0.170. The Morgan fingerprint density at radius 2 is 1.90 bits per heavy atom. The van der Waals surface area contributed by atoms with Crippen LogP contribution >= 0.6 is 10.7 Å². The number of alkyl halides is 1. The lowest BCUT2D eigenvalue weighted by molar-refractivity contribution is 0.282. The van der Waals surface area contributed by atoms with Gasteiger partial charge in [0.15, 0.2) is 0 Å². The van der Waals surface area contributed by atoms with E-state index in [0.717, 1.165) is 0 Å². The lowest BCUT2D eigenvalue weighted by atomic mass is 10.1. The molecule has 0 aliphatic rings. The number of halogens is 2. The van der Waals surface area contributed by atoms with Crippen LogP contribution in [0.2, 0.25) is 0 Å². The Kier molecular flexibility index (Phi) is 3.59. The van der Waals surface area contributed by atoms with Gasteiger partial charge in [-0.25, -0.2) is 12.8 Å². The van der Waals surface area contributed by atoms with Crippen molar-refractivity contribution in [1.82, 2.24) is 0 Å². The van der Waals surface area contributed by atoms with Crippen LogP contribution in [0.15, 0.2) is 0 Å². The molecule has 0 spiro atoms. The van der Waals surface area contributed by atoms with Crippen LogP contribution in [0, 0.1) is 5.92 Å². The van der Waals surface area contributed by atoms with Gasteiger partial charge in [-0.05, 0) is 5.92 Å². The average molecular weight is 189 g/mol. The molecule has 0 saturated heterocycles. The van der Waals surface area contributed by atoms with E-state index < -0.39 is 21.0 Å². The van der Waals surface area contributed by atoms with Gasteiger partial charge in [-0.2, -0.15) is 0 Å². The summed E-state index contributed by atoms with van der Waals surface area (Å²) in [4.78, 5) is 0. The van der Waals surface area contributed by atoms with Crippen molar-refractivity contribution in [2.45, 2.75) is 20.0 Å². The zero-order valence-corrected chi connectivity index (χ0v) is 7.41. The third-order valence-corrected chi connectivity index (χ3v) is 2.18. The minimum Gasteiger partial charge on any atom is -0.246 e. The van der Waals surface area contributed by atoms with E-state index in [4.69, 9.17) is 10.7 Å². The third-order valence-electron chi connectivity index (χ3n) is 1.08. The molecule has 0 aromatic rings. The molecule has 62 valence electrons. The summed E-state index contributed by atoms with van der Waals surface area (Å²) in [5.74, 6) is -0.889. The lowest BCUT2D eigenvalue weighted by Gasteiger charge is -2.08. The standard InChI is InChI=1S/C5H10ClFO2S/c1-4(2)5(7)3-10(6,8)9/h4-5H,3H2,1-2H3. The molecular weight excluding hydrogens is 179 g/mol. The zero-order valence-electron chi connectivity index (χ0n) is 5.84. The average Bonchev–Trinajstić information content (AvgIpc) is 1.60. The van der Waals surface area contributed by atoms with Gasteiger partial charge in [0.05, 0.1) is 5.75 Å². The van der Waals surface area contributed by atoms with Gasteiger partial charge in [-0.1, -0.05) is 13.8 Å². The highest BCUT2D eigenvalue weighted by atomic mass is 35.7. The molecule has 0 saturated carbocycles. The van der Waals surface area contributed by atoms with Crippen LogP contribution in [0.5, 0.6) is 0 Å². The molecule has 0 N–H and O–H groups in total. The van der Waals surface area contributed by atoms with Crippen molar-refractivity contribution >= 4 is 19.7 Å². The lowest BCUT2D eigenvalue weighted by Crippen LogP contribution is -2.18. The molecule has 0 aromatic carbocycles. The van der Waals surface area contributed by atoms with Crippen LogP contribution in [0.1, 0.15) is 13.8 Å². The largest absolute Gasteiger partial charge is 0.246 e. The molecule has 0 aromatic heterocycles. The van der Waals surface area contributed by atoms with Crippen molar-refractivity contribution in [3.05, 3.63) is 0 Å². The molecule has 0 radical (unpaired) electrons. The molecule has 0 heterocycles. The predicted molar refractivity (Wildman–Crippen MR) is 39.4 cm³/mol. The fourth-order valence-corrected chi connectivity index (χ4v) is 1.51. The van der Waals surface area contributed by atoms with Crippen LogP contribution < -0.4 is 0 Å². The summed E-state index contributed by atoms with van der Waals surface area (Å²) >= 11 is 0. The maximum atomic E-state index is 12.6. The highest BCUT2D eigenvalue weighted by Gasteiger charge is 2.18. The molecule has 0 fully saturated rings. The summed E-state index contributed by atoms with van der Waals surface area (Å²) in [7, 11) is 1.13. The maximum absolute atomic E-state index is 12.6. The monoisotopic (exact) mass is 188 g/mol. The fourth-order valence-electron chi connectivity index (χ4n) is 0.383. The number of hydrogen-bond acceptors (Lipinski definition) is 2. The van der Waals surface area contributed by atoms with Crippen LogP contribution in [0.3, 0.4) is 0 Å². The SMILES string of the molecule is CC(C)C(F)CS(=O)(=O)Cl. The second-order valence-electron chi connectivity index (χ2n) is 2.47. The summed E-state index contributed by atoms with van der Waals surface area (Å²) in [5, 5.41) is 0. The molecule has 1 atom stereocenters. The van der Waals surface area contributed by atoms with E-state index >= 15 is 0 Å². The highest BCUT2D eigenvalue weighted by molar-refractivity contribution is 8.13. The van der Waals surface area contributed by atoms with Gasteiger partial charge in [-0.15, -0.1) is 0 Å². The Bertz CT molecular complexity index is 188. The van der Waals surface area contributed by atoms with Gasteiger partial charge in [-0.3, -0.25) is 0 Å². The Morgan fingerprint density at radius 1 is 1.50 bits per heavy atom. The summed E-state index contributed by atoms with van der Waals surface area (Å²) in [5.41, 5.74) is 0. The van der Waals surface area contributed by atoms with E-state index in [1.165, 1.54) is 0 Å². The summed E-state index contributed by atoms with van der Waals surface area (Å²) < 4.78 is 33.1. The minimum atomic E-state index is -3.67. The van der Waals surface area contributed by atoms with Crippen molar-refractivity contribution < 1.29 is 12.8 Å². The highest BCUT2D eigenvalue weighted by Crippen LogP contribution is 2.10. The van der Waals surface area contributed by atoms with E-state index in [2.05, 4.69) is 0 Å². The van der Waals surface area contributed by atoms with Crippen LogP contribution in [0.4, 0.5) is 4.39 Å². The second-order valence-corrected chi connectivity index (χ2v) is 5.29. The van der Waals surface area contributed by atoms with Gasteiger partial charge >= 0.3 is 0 Å². The summed E-state index contributed by atoms with van der Waals surface area (Å²) in [6.45, 7) is 3.21. The number of rotatable bonds is 3. The van der Waals surface area contributed by atoms with Crippen molar-refractivity contribution in [3.8, 4) is 0 Å². The molecular formula is C5H10ClFO2S. The first-order valence-corrected chi connectivity index (χ1v) is 5.37. The fraction of sp³-hybridized carbons (Fsp3) is 1.00. The quantitative estimate of drug-likeness (QED) is 0.630. The second kappa shape index (κ2) is 3.53. The molecule has 0 aliphatic heterocycles. The van der Waals surface area contributed by atoms with E-state index in [9.17, 15) is 12.8 Å². The van der Waals surface area contributed by atoms with Crippen LogP contribution in [0.25, 0.3) is 0 Å². The van der Waals surface area contributed by atoms with Crippen molar-refractivity contribution in [2.75, 3.05) is 5.75 Å². The maximum Gasteiger partial charge on any atom is 0.235 e. The summed E-state index contributed by atoms with van der Waals surface area (Å²) in [6.07, 6.45) is -1.36. The normalized spacial score (nSPS) is 15.7. The Labute approximate surface area is 64.8 Å². The first-order chi connectivity index (χ1) is 4.33. The van der Waals surface area contributed by atoms with E-state index in [0.29, 0.717) is 0 Å². The van der Waals surface area contributed by atoms with Gasteiger partial charge in [0.1, 0.15) is 6.17 Å². The van der Waals surface area contributed by atoms with Gasteiger partial charge in [0.2, 0.25) is 9.05 Å². The minimum absolute atomic E-state index is 0.298. The third kappa shape index (κ3) is 4.99. The predicted octanol–water partition coefficient (Wildman–Crippen LogP) is 1.55. The zero-order chi connectivity index (χ0) is 8.36. The molecule has 0 bridgehead atoms. The summed E-state index contributed by atoms with van der Waals surface area (Å²) in [6, 6.07) is 0. The van der Waals surface area contributed by atoms with E-state index in [-0.39, 0.29) is 5.92 Å². The van der Waals surface area contributed by atoms with Gasteiger partial charge in [0.25, 0.3) is 0 Å². The molecule has 2 nitrogen and oxygen atoms in total.